The molecule has 2 heterocycles. The second-order valence-corrected chi connectivity index (χ2v) is 7.06. The van der Waals surface area contributed by atoms with E-state index in [0.29, 0.717) is 18.7 Å². The van der Waals surface area contributed by atoms with Gasteiger partial charge in [-0.3, -0.25) is 19.6 Å². The molecule has 0 aliphatic rings. The zero-order chi connectivity index (χ0) is 22.2. The lowest BCUT2D eigenvalue weighted by atomic mass is 10.0. The van der Waals surface area contributed by atoms with Crippen molar-refractivity contribution in [1.29, 1.82) is 5.26 Å². The molecule has 0 aliphatic heterocycles. The highest BCUT2D eigenvalue weighted by Gasteiger charge is 2.14. The fourth-order valence-corrected chi connectivity index (χ4v) is 3.21. The fourth-order valence-electron chi connectivity index (χ4n) is 3.21. The van der Waals surface area contributed by atoms with E-state index in [2.05, 4.69) is 21.4 Å². The van der Waals surface area contributed by atoms with Crippen LogP contribution < -0.4 is 10.2 Å². The van der Waals surface area contributed by atoms with Crippen molar-refractivity contribution in [2.45, 2.75) is 26.8 Å². The summed E-state index contributed by atoms with van der Waals surface area (Å²) in [6.07, 6.45) is 5.21. The van der Waals surface area contributed by atoms with Crippen LogP contribution >= 0.6 is 0 Å². The van der Waals surface area contributed by atoms with Crippen LogP contribution in [-0.4, -0.2) is 28.3 Å². The molecule has 156 valence electrons. The van der Waals surface area contributed by atoms with E-state index in [9.17, 15) is 9.59 Å². The molecule has 0 spiro atoms. The molecule has 2 aromatic heterocycles. The van der Waals surface area contributed by atoms with Crippen molar-refractivity contribution in [3.05, 3.63) is 77.7 Å². The molecule has 1 aromatic carbocycles. The maximum atomic E-state index is 12.4. The number of pyridine rings is 2. The van der Waals surface area contributed by atoms with E-state index in [4.69, 9.17) is 5.26 Å². The molecule has 2 amide bonds. The molecule has 0 saturated heterocycles. The van der Waals surface area contributed by atoms with Crippen LogP contribution in [0.3, 0.4) is 0 Å². The van der Waals surface area contributed by atoms with Gasteiger partial charge in [0.25, 0.3) is 5.91 Å². The molecule has 0 bridgehead atoms. The first-order valence-electron chi connectivity index (χ1n) is 9.89. The van der Waals surface area contributed by atoms with E-state index in [1.165, 1.54) is 6.92 Å². The first-order valence-corrected chi connectivity index (χ1v) is 9.89. The molecular formula is C24H23N5O2. The number of nitrogens with zero attached hydrogens (tertiary/aromatic N) is 4. The highest BCUT2D eigenvalue weighted by Crippen LogP contribution is 2.26. The second-order valence-electron chi connectivity index (χ2n) is 7.06. The van der Waals surface area contributed by atoms with Gasteiger partial charge in [-0.2, -0.15) is 5.26 Å². The zero-order valence-electron chi connectivity index (χ0n) is 17.5. The van der Waals surface area contributed by atoms with Gasteiger partial charge in [-0.15, -0.1) is 0 Å². The topological polar surface area (TPSA) is 99.0 Å². The molecule has 0 fully saturated rings. The highest BCUT2D eigenvalue weighted by molar-refractivity contribution is 5.94. The van der Waals surface area contributed by atoms with Crippen LogP contribution in [0.5, 0.6) is 0 Å². The van der Waals surface area contributed by atoms with E-state index in [1.54, 1.807) is 35.6 Å². The number of amides is 2. The van der Waals surface area contributed by atoms with Gasteiger partial charge in [-0.25, -0.2) is 0 Å². The van der Waals surface area contributed by atoms with Gasteiger partial charge in [0.1, 0.15) is 0 Å². The third-order valence-electron chi connectivity index (χ3n) is 4.81. The molecule has 7 nitrogen and oxygen atoms in total. The summed E-state index contributed by atoms with van der Waals surface area (Å²) in [7, 11) is 0. The van der Waals surface area contributed by atoms with Crippen LogP contribution in [0, 0.1) is 18.3 Å². The van der Waals surface area contributed by atoms with E-state index in [1.807, 2.05) is 37.3 Å². The first-order chi connectivity index (χ1) is 15.0. The Morgan fingerprint density at radius 2 is 2.00 bits per heavy atom. The molecule has 1 N–H and O–H groups in total. The van der Waals surface area contributed by atoms with Crippen molar-refractivity contribution in [2.24, 2.45) is 0 Å². The summed E-state index contributed by atoms with van der Waals surface area (Å²) in [6.45, 7) is 4.16. The Morgan fingerprint density at radius 3 is 2.61 bits per heavy atom. The SMILES string of the molecule is CC(=O)N(CCC#N)c1ccc(-c2ccc(C(=O)NCc3cccnc3)cn2)cc1C. The number of aromatic nitrogens is 2. The highest BCUT2D eigenvalue weighted by atomic mass is 16.2. The molecule has 31 heavy (non-hydrogen) atoms. The van der Waals surface area contributed by atoms with Gasteiger partial charge in [0.2, 0.25) is 5.91 Å². The minimum atomic E-state index is -0.205. The van der Waals surface area contributed by atoms with Crippen LogP contribution in [0.1, 0.15) is 34.8 Å². The largest absolute Gasteiger partial charge is 0.348 e. The molecule has 3 aromatic rings. The number of anilines is 1. The molecule has 0 atom stereocenters. The smallest absolute Gasteiger partial charge is 0.253 e. The lowest BCUT2D eigenvalue weighted by Gasteiger charge is -2.22. The predicted octanol–water partition coefficient (Wildman–Crippen LogP) is 3.65. The molecule has 3 rings (SSSR count). The molecule has 0 aliphatic carbocycles. The van der Waals surface area contributed by atoms with Crippen molar-refractivity contribution >= 4 is 17.5 Å². The normalized spacial score (nSPS) is 10.2. The second kappa shape index (κ2) is 10.1. The molecule has 0 unspecified atom stereocenters. The average Bonchev–Trinajstić information content (AvgIpc) is 2.79. The van der Waals surface area contributed by atoms with Crippen molar-refractivity contribution in [1.82, 2.24) is 15.3 Å². The van der Waals surface area contributed by atoms with E-state index >= 15 is 0 Å². The van der Waals surface area contributed by atoms with Gasteiger partial charge in [-0.1, -0.05) is 12.1 Å². The van der Waals surface area contributed by atoms with Crippen molar-refractivity contribution < 1.29 is 9.59 Å². The van der Waals surface area contributed by atoms with E-state index in [-0.39, 0.29) is 18.2 Å². The Balaban J connectivity index is 1.72. The molecule has 0 saturated carbocycles. The number of nitrogens with one attached hydrogen (secondary N) is 1. The van der Waals surface area contributed by atoms with Crippen molar-refractivity contribution in [3.8, 4) is 17.3 Å². The Hall–Kier alpha value is -4.05. The van der Waals surface area contributed by atoms with Gasteiger partial charge in [-0.05, 0) is 48.4 Å². The lowest BCUT2D eigenvalue weighted by Crippen LogP contribution is -2.29. The fraction of sp³-hybridized carbons (Fsp3) is 0.208. The number of nitriles is 1. The number of benzene rings is 1. The van der Waals surface area contributed by atoms with Gasteiger partial charge < -0.3 is 10.2 Å². The summed E-state index contributed by atoms with van der Waals surface area (Å²) in [6, 6.07) is 15.0. The Labute approximate surface area is 181 Å². The van der Waals surface area contributed by atoms with Gasteiger partial charge in [0.15, 0.2) is 0 Å². The summed E-state index contributed by atoms with van der Waals surface area (Å²) in [5.41, 5.74) is 4.69. The minimum absolute atomic E-state index is 0.106. The zero-order valence-corrected chi connectivity index (χ0v) is 17.5. The minimum Gasteiger partial charge on any atom is -0.348 e. The number of hydrogen-bond donors (Lipinski definition) is 1. The maximum Gasteiger partial charge on any atom is 0.253 e. The third-order valence-corrected chi connectivity index (χ3v) is 4.81. The van der Waals surface area contributed by atoms with E-state index < -0.39 is 0 Å². The molecular weight excluding hydrogens is 390 g/mol. The summed E-state index contributed by atoms with van der Waals surface area (Å²) in [5.74, 6) is -0.310. The van der Waals surface area contributed by atoms with Crippen LogP contribution in [0.25, 0.3) is 11.3 Å². The monoisotopic (exact) mass is 413 g/mol. The standard InChI is InChI=1S/C24H23N5O2/c1-17-13-20(7-9-23(17)29(18(2)30)12-4-10-25)22-8-6-21(16-27-22)24(31)28-15-19-5-3-11-26-14-19/h3,5-9,11,13-14,16H,4,12,15H2,1-2H3,(H,28,31). The summed E-state index contributed by atoms with van der Waals surface area (Å²) in [5, 5.41) is 11.7. The predicted molar refractivity (Wildman–Crippen MR) is 118 cm³/mol. The summed E-state index contributed by atoms with van der Waals surface area (Å²) >= 11 is 0. The maximum absolute atomic E-state index is 12.4. The van der Waals surface area contributed by atoms with Crippen molar-refractivity contribution in [2.75, 3.05) is 11.4 Å². The summed E-state index contributed by atoms with van der Waals surface area (Å²) in [4.78, 5) is 34.4. The lowest BCUT2D eigenvalue weighted by molar-refractivity contribution is -0.116. The summed E-state index contributed by atoms with van der Waals surface area (Å²) < 4.78 is 0. The van der Waals surface area contributed by atoms with Crippen molar-refractivity contribution in [3.63, 3.8) is 0 Å². The molecule has 7 heteroatoms. The van der Waals surface area contributed by atoms with Gasteiger partial charge in [0.05, 0.1) is 23.7 Å². The number of rotatable bonds is 7. The number of aryl methyl sites for hydroxylation is 1. The van der Waals surface area contributed by atoms with Crippen LogP contribution in [0.4, 0.5) is 5.69 Å². The quantitative estimate of drug-likeness (QED) is 0.637. The van der Waals surface area contributed by atoms with Gasteiger partial charge in [0, 0.05) is 49.9 Å². The Kier molecular flexibility index (Phi) is 7.07. The van der Waals surface area contributed by atoms with E-state index in [0.717, 1.165) is 28.1 Å². The third kappa shape index (κ3) is 5.52. The van der Waals surface area contributed by atoms with Crippen LogP contribution in [-0.2, 0) is 11.3 Å². The first kappa shape index (κ1) is 21.7. The van der Waals surface area contributed by atoms with Gasteiger partial charge >= 0.3 is 0 Å². The molecule has 0 radical (unpaired) electrons. The average molecular weight is 413 g/mol. The van der Waals surface area contributed by atoms with Crippen LogP contribution in [0.2, 0.25) is 0 Å². The Morgan fingerprint density at radius 1 is 1.16 bits per heavy atom. The van der Waals surface area contributed by atoms with Crippen LogP contribution in [0.15, 0.2) is 61.1 Å². The number of carbonyl (C=O) groups is 2. The number of hydrogen-bond acceptors (Lipinski definition) is 5. The number of carbonyl (C=O) groups excluding carboxylic acids is 2. The Bertz CT molecular complexity index is 1110.